The third-order valence-electron chi connectivity index (χ3n) is 4.29. The maximum atomic E-state index is 15.8. The van der Waals surface area contributed by atoms with Crippen LogP contribution in [0, 0.1) is 27.7 Å². The van der Waals surface area contributed by atoms with Crippen molar-refractivity contribution in [3.63, 3.8) is 0 Å². The second-order valence-corrected chi connectivity index (χ2v) is 6.37. The highest BCUT2D eigenvalue weighted by Crippen LogP contribution is 2.55. The summed E-state index contributed by atoms with van der Waals surface area (Å²) in [4.78, 5) is 0. The van der Waals surface area contributed by atoms with Gasteiger partial charge in [0.25, 0.3) is 0 Å². The van der Waals surface area contributed by atoms with Crippen LogP contribution in [0.25, 0.3) is 0 Å². The van der Waals surface area contributed by atoms with E-state index in [-0.39, 0.29) is 11.1 Å². The van der Waals surface area contributed by atoms with E-state index >= 15 is 4.39 Å². The number of hydrogen-bond donors (Lipinski definition) is 0. The molecule has 25 heavy (non-hydrogen) atoms. The van der Waals surface area contributed by atoms with E-state index in [4.69, 9.17) is 0 Å². The van der Waals surface area contributed by atoms with Crippen molar-refractivity contribution < 1.29 is 26.3 Å². The maximum absolute atomic E-state index is 15.8. The molecule has 2 aromatic rings. The lowest BCUT2D eigenvalue weighted by Gasteiger charge is -2.37. The third kappa shape index (κ3) is 3.02. The van der Waals surface area contributed by atoms with Gasteiger partial charge >= 0.3 is 12.1 Å². The fourth-order valence-corrected chi connectivity index (χ4v) is 3.08. The van der Waals surface area contributed by atoms with Crippen LogP contribution in [0.4, 0.5) is 26.3 Å². The van der Waals surface area contributed by atoms with Crippen LogP contribution in [0.15, 0.2) is 36.4 Å². The Bertz CT molecular complexity index is 737. The maximum Gasteiger partial charge on any atom is 0.457 e. The van der Waals surface area contributed by atoms with Gasteiger partial charge in [0.2, 0.25) is 5.67 Å². The lowest BCUT2D eigenvalue weighted by molar-refractivity contribution is -0.323. The van der Waals surface area contributed by atoms with E-state index in [0.717, 1.165) is 12.1 Å². The molecule has 0 saturated heterocycles. The molecular formula is C19H18F6. The van der Waals surface area contributed by atoms with Crippen LogP contribution in [-0.4, -0.2) is 12.1 Å². The van der Waals surface area contributed by atoms with Crippen LogP contribution in [-0.2, 0) is 5.67 Å². The number of aryl methyl sites for hydroxylation is 4. The van der Waals surface area contributed by atoms with Crippen molar-refractivity contribution in [2.24, 2.45) is 0 Å². The zero-order chi connectivity index (χ0) is 19.2. The lowest BCUT2D eigenvalue weighted by atomic mass is 9.78. The summed E-state index contributed by atoms with van der Waals surface area (Å²) in [5.41, 5.74) is -4.06. The monoisotopic (exact) mass is 360 g/mol. The van der Waals surface area contributed by atoms with Crippen molar-refractivity contribution >= 4 is 0 Å². The van der Waals surface area contributed by atoms with E-state index in [0.29, 0.717) is 11.1 Å². The highest BCUT2D eigenvalue weighted by molar-refractivity contribution is 5.48. The quantitative estimate of drug-likeness (QED) is 0.561. The summed E-state index contributed by atoms with van der Waals surface area (Å²) in [6, 6.07) is 7.44. The molecule has 0 aromatic heterocycles. The first-order chi connectivity index (χ1) is 11.3. The van der Waals surface area contributed by atoms with Gasteiger partial charge in [-0.05, 0) is 38.8 Å². The molecule has 0 atom stereocenters. The van der Waals surface area contributed by atoms with E-state index < -0.39 is 28.9 Å². The molecule has 0 nitrogen and oxygen atoms in total. The highest BCUT2D eigenvalue weighted by atomic mass is 19.4. The molecule has 0 aliphatic rings. The molecule has 6 heteroatoms. The first kappa shape index (κ1) is 19.3. The number of benzene rings is 2. The van der Waals surface area contributed by atoms with Gasteiger partial charge in [0.15, 0.2) is 0 Å². The molecule has 0 spiro atoms. The van der Waals surface area contributed by atoms with Gasteiger partial charge in [0.1, 0.15) is 0 Å². The average Bonchev–Trinajstić information content (AvgIpc) is 2.45. The Kier molecular flexibility index (Phi) is 4.70. The molecule has 0 N–H and O–H groups in total. The van der Waals surface area contributed by atoms with Crippen LogP contribution >= 0.6 is 0 Å². The summed E-state index contributed by atoms with van der Waals surface area (Å²) in [6.45, 7) is 5.95. The van der Waals surface area contributed by atoms with Crippen LogP contribution in [0.1, 0.15) is 33.4 Å². The van der Waals surface area contributed by atoms with Crippen LogP contribution < -0.4 is 0 Å². The molecule has 2 aromatic carbocycles. The van der Waals surface area contributed by atoms with Crippen molar-refractivity contribution in [3.05, 3.63) is 69.8 Å². The van der Waals surface area contributed by atoms with E-state index in [1.165, 1.54) is 38.1 Å². The summed E-state index contributed by atoms with van der Waals surface area (Å²) in [6.07, 6.45) is -6.05. The van der Waals surface area contributed by atoms with Crippen molar-refractivity contribution in [2.75, 3.05) is 0 Å². The fourth-order valence-electron chi connectivity index (χ4n) is 3.08. The first-order valence-electron chi connectivity index (χ1n) is 7.61. The zero-order valence-electron chi connectivity index (χ0n) is 14.2. The number of hydrogen-bond acceptors (Lipinski definition) is 0. The molecule has 136 valence electrons. The van der Waals surface area contributed by atoms with Gasteiger partial charge in [-0.15, -0.1) is 0 Å². The van der Waals surface area contributed by atoms with E-state index in [9.17, 15) is 22.0 Å². The molecule has 0 aliphatic carbocycles. The molecule has 0 amide bonds. The Balaban J connectivity index is 2.89. The molecule has 0 heterocycles. The van der Waals surface area contributed by atoms with Gasteiger partial charge in [0, 0.05) is 11.1 Å². The minimum atomic E-state index is -6.05. The van der Waals surface area contributed by atoms with Crippen LogP contribution in [0.3, 0.4) is 0 Å². The number of halogens is 6. The summed E-state index contributed by atoms with van der Waals surface area (Å²) in [5, 5.41) is 0. The van der Waals surface area contributed by atoms with Crippen molar-refractivity contribution in [1.29, 1.82) is 0 Å². The van der Waals surface area contributed by atoms with Gasteiger partial charge in [-0.25, -0.2) is 4.39 Å². The predicted octanol–water partition coefficient (Wildman–Crippen LogP) is 6.33. The van der Waals surface area contributed by atoms with Crippen molar-refractivity contribution in [1.82, 2.24) is 0 Å². The predicted molar refractivity (Wildman–Crippen MR) is 84.7 cm³/mol. The van der Waals surface area contributed by atoms with Gasteiger partial charge < -0.3 is 0 Å². The second kappa shape index (κ2) is 6.07. The van der Waals surface area contributed by atoms with Gasteiger partial charge in [-0.2, -0.15) is 22.0 Å². The number of alkyl halides is 6. The zero-order valence-corrected chi connectivity index (χ0v) is 14.2. The molecule has 0 radical (unpaired) electrons. The highest BCUT2D eigenvalue weighted by Gasteiger charge is 2.73. The van der Waals surface area contributed by atoms with Crippen LogP contribution in [0.5, 0.6) is 0 Å². The Hall–Kier alpha value is -1.98. The first-order valence-corrected chi connectivity index (χ1v) is 7.61. The fraction of sp³-hybridized carbons (Fsp3) is 0.368. The lowest BCUT2D eigenvalue weighted by Crippen LogP contribution is -2.53. The third-order valence-corrected chi connectivity index (χ3v) is 4.29. The Labute approximate surface area is 142 Å². The Morgan fingerprint density at radius 1 is 0.600 bits per heavy atom. The summed E-state index contributed by atoms with van der Waals surface area (Å²) in [7, 11) is 0. The standard InChI is InChI=1S/C19H18F6/c1-11-5-7-15(13(3)9-11)17(20,18(21,22)19(23,24)25)16-8-6-12(2)10-14(16)4/h5-10H,1-4H3. The van der Waals surface area contributed by atoms with Crippen molar-refractivity contribution in [2.45, 2.75) is 45.5 Å². The van der Waals surface area contributed by atoms with Crippen LogP contribution in [0.2, 0.25) is 0 Å². The summed E-state index contributed by atoms with van der Waals surface area (Å²) < 4.78 is 84.1. The van der Waals surface area contributed by atoms with E-state index in [1.54, 1.807) is 13.8 Å². The molecule has 0 unspecified atom stereocenters. The van der Waals surface area contributed by atoms with Gasteiger partial charge in [-0.1, -0.05) is 47.5 Å². The number of rotatable bonds is 3. The minimum absolute atomic E-state index is 0.0337. The van der Waals surface area contributed by atoms with Gasteiger partial charge in [0.05, 0.1) is 0 Å². The minimum Gasteiger partial charge on any atom is -0.226 e. The van der Waals surface area contributed by atoms with Crippen molar-refractivity contribution in [3.8, 4) is 0 Å². The second-order valence-electron chi connectivity index (χ2n) is 6.37. The van der Waals surface area contributed by atoms with E-state index in [2.05, 4.69) is 0 Å². The normalized spacial score (nSPS) is 13.2. The average molecular weight is 360 g/mol. The molecule has 0 saturated carbocycles. The topological polar surface area (TPSA) is 0 Å². The Morgan fingerprint density at radius 3 is 1.24 bits per heavy atom. The smallest absolute Gasteiger partial charge is 0.226 e. The molecular weight excluding hydrogens is 342 g/mol. The van der Waals surface area contributed by atoms with Gasteiger partial charge in [-0.3, -0.25) is 0 Å². The Morgan fingerprint density at radius 2 is 0.960 bits per heavy atom. The summed E-state index contributed by atoms with van der Waals surface area (Å²) in [5.74, 6) is -5.60. The molecule has 0 aliphatic heterocycles. The van der Waals surface area contributed by atoms with E-state index in [1.807, 2.05) is 0 Å². The molecule has 2 rings (SSSR count). The largest absolute Gasteiger partial charge is 0.457 e. The molecule has 0 bridgehead atoms. The SMILES string of the molecule is Cc1ccc(C(F)(c2ccc(C)cc2C)C(F)(F)C(F)(F)F)c(C)c1. The summed E-state index contributed by atoms with van der Waals surface area (Å²) >= 11 is 0. The molecule has 0 fully saturated rings.